The molecule has 0 radical (unpaired) electrons. The highest BCUT2D eigenvalue weighted by Gasteiger charge is 2.03. The molecular formula is C11H9Cl2NOS. The van der Waals surface area contributed by atoms with Crippen molar-refractivity contribution in [2.45, 2.75) is 11.5 Å². The van der Waals surface area contributed by atoms with E-state index in [9.17, 15) is 0 Å². The molecule has 0 bridgehead atoms. The minimum Gasteiger partial charge on any atom is -0.468 e. The number of pyridine rings is 1. The molecule has 0 aliphatic heterocycles. The zero-order chi connectivity index (χ0) is 11.4. The van der Waals surface area contributed by atoms with Crippen molar-refractivity contribution in [1.29, 1.82) is 0 Å². The number of hydrogen-bond donors (Lipinski definition) is 0. The Morgan fingerprint density at radius 2 is 2.19 bits per heavy atom. The summed E-state index contributed by atoms with van der Waals surface area (Å²) in [4.78, 5) is 4.00. The maximum absolute atomic E-state index is 6.03. The van der Waals surface area contributed by atoms with Gasteiger partial charge in [0.25, 0.3) is 0 Å². The Labute approximate surface area is 108 Å². The van der Waals surface area contributed by atoms with Crippen LogP contribution < -0.4 is 0 Å². The lowest BCUT2D eigenvalue weighted by atomic mass is 10.3. The number of aromatic nitrogens is 1. The molecule has 2 aromatic rings. The van der Waals surface area contributed by atoms with Crippen molar-refractivity contribution in [2.24, 2.45) is 0 Å². The molecule has 2 aromatic heterocycles. The van der Waals surface area contributed by atoms with Crippen molar-refractivity contribution in [2.75, 3.05) is 0 Å². The molecule has 0 saturated heterocycles. The maximum Gasteiger partial charge on any atom is 0.130 e. The molecule has 0 aliphatic rings. The van der Waals surface area contributed by atoms with Gasteiger partial charge in [-0.25, -0.2) is 4.98 Å². The summed E-state index contributed by atoms with van der Waals surface area (Å²) in [7, 11) is 0. The van der Waals surface area contributed by atoms with E-state index in [1.807, 2.05) is 12.1 Å². The Hall–Kier alpha value is -0.640. The topological polar surface area (TPSA) is 26.0 Å². The van der Waals surface area contributed by atoms with Gasteiger partial charge in [0, 0.05) is 17.0 Å². The number of hydrogen-bond acceptors (Lipinski definition) is 3. The second-order valence-corrected chi connectivity index (χ2v) is 4.95. The van der Waals surface area contributed by atoms with Gasteiger partial charge in [-0.1, -0.05) is 23.2 Å². The highest BCUT2D eigenvalue weighted by Crippen LogP contribution is 2.24. The van der Waals surface area contributed by atoms with Crippen LogP contribution in [0.2, 0.25) is 10.2 Å². The lowest BCUT2D eigenvalue weighted by Gasteiger charge is -2.02. The van der Waals surface area contributed by atoms with Crippen molar-refractivity contribution in [3.05, 3.63) is 52.2 Å². The Kier molecular flexibility index (Phi) is 4.16. The van der Waals surface area contributed by atoms with Gasteiger partial charge in [-0.05, 0) is 23.8 Å². The summed E-state index contributed by atoms with van der Waals surface area (Å²) in [6.07, 6.45) is 3.38. The van der Waals surface area contributed by atoms with Crippen molar-refractivity contribution < 1.29 is 4.42 Å². The third kappa shape index (κ3) is 3.17. The lowest BCUT2D eigenvalue weighted by Crippen LogP contribution is -1.86. The van der Waals surface area contributed by atoms with E-state index in [0.29, 0.717) is 10.2 Å². The number of furan rings is 1. The molecule has 0 spiro atoms. The van der Waals surface area contributed by atoms with Gasteiger partial charge in [0.1, 0.15) is 10.9 Å². The fourth-order valence-corrected chi connectivity index (χ4v) is 2.63. The number of rotatable bonds is 4. The predicted octanol–water partition coefficient (Wildman–Crippen LogP) is 4.41. The molecule has 2 nitrogen and oxygen atoms in total. The van der Waals surface area contributed by atoms with Gasteiger partial charge in [0.15, 0.2) is 0 Å². The van der Waals surface area contributed by atoms with E-state index in [4.69, 9.17) is 27.6 Å². The largest absolute Gasteiger partial charge is 0.468 e. The number of thioether (sulfide) groups is 1. The molecule has 0 fully saturated rings. The first kappa shape index (κ1) is 11.8. The van der Waals surface area contributed by atoms with Gasteiger partial charge in [0.2, 0.25) is 0 Å². The van der Waals surface area contributed by atoms with Crippen molar-refractivity contribution in [3.8, 4) is 0 Å². The van der Waals surface area contributed by atoms with E-state index in [1.165, 1.54) is 0 Å². The van der Waals surface area contributed by atoms with Crippen LogP contribution in [0, 0.1) is 0 Å². The minimum absolute atomic E-state index is 0.421. The second-order valence-electron chi connectivity index (χ2n) is 3.17. The SMILES string of the molecule is Clc1cc(Cl)c(CSCc2ccco2)cn1. The first-order chi connectivity index (χ1) is 7.75. The molecule has 2 rings (SSSR count). The molecule has 84 valence electrons. The monoisotopic (exact) mass is 273 g/mol. The predicted molar refractivity (Wildman–Crippen MR) is 68.0 cm³/mol. The highest BCUT2D eigenvalue weighted by atomic mass is 35.5. The van der Waals surface area contributed by atoms with E-state index < -0.39 is 0 Å². The molecular weight excluding hydrogens is 265 g/mol. The van der Waals surface area contributed by atoms with Crippen molar-refractivity contribution in [3.63, 3.8) is 0 Å². The van der Waals surface area contributed by atoms with E-state index in [0.717, 1.165) is 22.8 Å². The van der Waals surface area contributed by atoms with Gasteiger partial charge in [-0.15, -0.1) is 11.8 Å². The molecule has 0 N–H and O–H groups in total. The van der Waals surface area contributed by atoms with Crippen LogP contribution in [-0.2, 0) is 11.5 Å². The summed E-state index contributed by atoms with van der Waals surface area (Å²) in [6.45, 7) is 0. The molecule has 5 heteroatoms. The first-order valence-corrected chi connectivity index (χ1v) is 6.57. The van der Waals surface area contributed by atoms with Crippen molar-refractivity contribution in [1.82, 2.24) is 4.98 Å². The summed E-state index contributed by atoms with van der Waals surface area (Å²) in [5, 5.41) is 1.08. The fraction of sp³-hybridized carbons (Fsp3) is 0.182. The van der Waals surface area contributed by atoms with Crippen LogP contribution in [0.25, 0.3) is 0 Å². The van der Waals surface area contributed by atoms with E-state index in [-0.39, 0.29) is 0 Å². The van der Waals surface area contributed by atoms with Crippen LogP contribution in [0.15, 0.2) is 35.1 Å². The summed E-state index contributed by atoms with van der Waals surface area (Å²) >= 11 is 13.5. The van der Waals surface area contributed by atoms with Gasteiger partial charge < -0.3 is 4.42 Å². The summed E-state index contributed by atoms with van der Waals surface area (Å²) < 4.78 is 5.23. The Bertz CT molecular complexity index is 459. The number of nitrogens with zero attached hydrogens (tertiary/aromatic N) is 1. The van der Waals surface area contributed by atoms with Crippen molar-refractivity contribution >= 4 is 35.0 Å². The van der Waals surface area contributed by atoms with Crippen LogP contribution in [0.4, 0.5) is 0 Å². The number of halogens is 2. The lowest BCUT2D eigenvalue weighted by molar-refractivity contribution is 0.530. The van der Waals surface area contributed by atoms with Crippen LogP contribution in [0.5, 0.6) is 0 Å². The zero-order valence-corrected chi connectivity index (χ0v) is 10.6. The molecule has 2 heterocycles. The third-order valence-electron chi connectivity index (χ3n) is 1.98. The van der Waals surface area contributed by atoms with Crippen LogP contribution in [0.3, 0.4) is 0 Å². The van der Waals surface area contributed by atoms with E-state index in [2.05, 4.69) is 4.98 Å². The van der Waals surface area contributed by atoms with Gasteiger partial charge >= 0.3 is 0 Å². The standard InChI is InChI=1S/C11H9Cl2NOS/c12-10-4-11(13)14-5-8(10)6-16-7-9-2-1-3-15-9/h1-5H,6-7H2. The molecule has 0 atom stereocenters. The highest BCUT2D eigenvalue weighted by molar-refractivity contribution is 7.97. The van der Waals surface area contributed by atoms with Crippen LogP contribution in [0.1, 0.15) is 11.3 Å². The second kappa shape index (κ2) is 5.62. The quantitative estimate of drug-likeness (QED) is 0.772. The van der Waals surface area contributed by atoms with E-state index >= 15 is 0 Å². The first-order valence-electron chi connectivity index (χ1n) is 4.66. The average Bonchev–Trinajstić information content (AvgIpc) is 2.74. The minimum atomic E-state index is 0.421. The Morgan fingerprint density at radius 1 is 1.31 bits per heavy atom. The smallest absolute Gasteiger partial charge is 0.130 e. The summed E-state index contributed by atoms with van der Waals surface area (Å²) in [5.41, 5.74) is 0.989. The van der Waals surface area contributed by atoms with Gasteiger partial charge in [0.05, 0.1) is 12.0 Å². The summed E-state index contributed by atoms with van der Waals surface area (Å²) in [5.74, 6) is 2.58. The molecule has 0 unspecified atom stereocenters. The summed E-state index contributed by atoms with van der Waals surface area (Å²) in [6, 6.07) is 5.49. The van der Waals surface area contributed by atoms with Crippen LogP contribution in [-0.4, -0.2) is 4.98 Å². The van der Waals surface area contributed by atoms with Gasteiger partial charge in [-0.3, -0.25) is 0 Å². The molecule has 16 heavy (non-hydrogen) atoms. The molecule has 0 aliphatic carbocycles. The third-order valence-corrected chi connectivity index (χ3v) is 3.54. The Balaban J connectivity index is 1.90. The molecule has 0 amide bonds. The van der Waals surface area contributed by atoms with Gasteiger partial charge in [-0.2, -0.15) is 0 Å². The maximum atomic E-state index is 6.03. The average molecular weight is 274 g/mol. The molecule has 0 saturated carbocycles. The Morgan fingerprint density at radius 3 is 2.88 bits per heavy atom. The zero-order valence-electron chi connectivity index (χ0n) is 8.32. The normalized spacial score (nSPS) is 10.6. The van der Waals surface area contributed by atoms with E-state index in [1.54, 1.807) is 30.3 Å². The fourth-order valence-electron chi connectivity index (χ4n) is 1.20. The van der Waals surface area contributed by atoms with Crippen LogP contribution >= 0.6 is 35.0 Å². The molecule has 0 aromatic carbocycles.